The predicted octanol–water partition coefficient (Wildman–Crippen LogP) is 3.00. The Bertz CT molecular complexity index is 414. The van der Waals surface area contributed by atoms with Crippen molar-refractivity contribution >= 4 is 18.2 Å². The molecule has 0 aliphatic carbocycles. The lowest BCUT2D eigenvalue weighted by molar-refractivity contribution is 0.101. The van der Waals surface area contributed by atoms with E-state index >= 15 is 0 Å². The minimum absolute atomic E-state index is 0. The summed E-state index contributed by atoms with van der Waals surface area (Å²) in [7, 11) is 0. The molecule has 2 rings (SSSR count). The fraction of sp³-hybridized carbons (Fsp3) is 0.500. The van der Waals surface area contributed by atoms with Crippen molar-refractivity contribution in [2.24, 2.45) is 0 Å². The van der Waals surface area contributed by atoms with E-state index in [2.05, 4.69) is 4.90 Å². The number of Topliss-reactive ketones (excluding diaryl/α,β-unsaturated/α-hetero) is 1. The number of halogens is 1. The van der Waals surface area contributed by atoms with Crippen LogP contribution in [0.3, 0.4) is 0 Å². The quantitative estimate of drug-likeness (QED) is 0.858. The third kappa shape index (κ3) is 3.72. The van der Waals surface area contributed by atoms with Crippen LogP contribution in [0.25, 0.3) is 0 Å². The van der Waals surface area contributed by atoms with Crippen LogP contribution in [0.5, 0.6) is 5.75 Å². The summed E-state index contributed by atoms with van der Waals surface area (Å²) in [4.78, 5) is 13.6. The van der Waals surface area contributed by atoms with Crippen LogP contribution in [0.4, 0.5) is 0 Å². The van der Waals surface area contributed by atoms with Crippen LogP contribution in [0.1, 0.15) is 42.1 Å². The van der Waals surface area contributed by atoms with E-state index in [0.29, 0.717) is 11.3 Å². The molecule has 1 aromatic rings. The molecule has 0 amide bonds. The molecule has 4 heteroatoms. The molecule has 18 heavy (non-hydrogen) atoms. The van der Waals surface area contributed by atoms with Crippen molar-refractivity contribution in [2.75, 3.05) is 13.1 Å². The van der Waals surface area contributed by atoms with Gasteiger partial charge in [0.1, 0.15) is 5.75 Å². The Hall–Kier alpha value is -1.06. The molecule has 0 atom stereocenters. The maximum Gasteiger partial charge on any atom is 0.159 e. The molecule has 3 nitrogen and oxygen atoms in total. The normalized spacial score (nSPS) is 16.1. The molecule has 1 aliphatic heterocycles. The van der Waals surface area contributed by atoms with Gasteiger partial charge in [0.2, 0.25) is 0 Å². The van der Waals surface area contributed by atoms with Crippen LogP contribution in [0.2, 0.25) is 0 Å². The number of phenolic OH excluding ortho intramolecular Hbond substituents is 1. The van der Waals surface area contributed by atoms with Gasteiger partial charge in [0, 0.05) is 17.7 Å². The number of benzene rings is 1. The van der Waals surface area contributed by atoms with E-state index in [0.717, 1.165) is 25.2 Å². The molecule has 1 fully saturated rings. The van der Waals surface area contributed by atoms with Gasteiger partial charge in [-0.25, -0.2) is 0 Å². The van der Waals surface area contributed by atoms with Crippen LogP contribution in [-0.2, 0) is 6.54 Å². The molecule has 1 aliphatic rings. The van der Waals surface area contributed by atoms with Gasteiger partial charge < -0.3 is 5.11 Å². The van der Waals surface area contributed by atoms with Gasteiger partial charge >= 0.3 is 0 Å². The van der Waals surface area contributed by atoms with Crippen molar-refractivity contribution in [2.45, 2.75) is 32.7 Å². The highest BCUT2D eigenvalue weighted by atomic mass is 35.5. The van der Waals surface area contributed by atoms with Crippen LogP contribution >= 0.6 is 12.4 Å². The van der Waals surface area contributed by atoms with Gasteiger partial charge in [0.25, 0.3) is 0 Å². The van der Waals surface area contributed by atoms with Crippen LogP contribution in [0, 0.1) is 0 Å². The maximum absolute atomic E-state index is 11.3. The molecule has 0 spiro atoms. The molecule has 100 valence electrons. The fourth-order valence-corrected chi connectivity index (χ4v) is 2.29. The Morgan fingerprint density at radius 2 is 1.94 bits per heavy atom. The molecule has 1 aromatic carbocycles. The van der Waals surface area contributed by atoms with Gasteiger partial charge in [0.05, 0.1) is 0 Å². The minimum atomic E-state index is 0. The standard InChI is InChI=1S/C14H19NO2.ClH/c1-11(16)12-5-6-14(17)13(9-12)10-15-7-3-2-4-8-15;/h5-6,9,17H,2-4,7-8,10H2,1H3;1H. The highest BCUT2D eigenvalue weighted by molar-refractivity contribution is 5.94. The summed E-state index contributed by atoms with van der Waals surface area (Å²) in [6.07, 6.45) is 3.76. The minimum Gasteiger partial charge on any atom is -0.508 e. The van der Waals surface area contributed by atoms with Crippen molar-refractivity contribution in [1.29, 1.82) is 0 Å². The van der Waals surface area contributed by atoms with Crippen LogP contribution < -0.4 is 0 Å². The zero-order valence-corrected chi connectivity index (χ0v) is 11.5. The van der Waals surface area contributed by atoms with E-state index in [-0.39, 0.29) is 18.2 Å². The summed E-state index contributed by atoms with van der Waals surface area (Å²) in [5.41, 5.74) is 1.54. The smallest absolute Gasteiger partial charge is 0.159 e. The van der Waals surface area contributed by atoms with Gasteiger partial charge in [-0.1, -0.05) is 6.42 Å². The number of phenols is 1. The summed E-state index contributed by atoms with van der Waals surface area (Å²) in [6, 6.07) is 5.11. The van der Waals surface area contributed by atoms with Crippen molar-refractivity contribution in [3.63, 3.8) is 0 Å². The largest absolute Gasteiger partial charge is 0.508 e. The first-order chi connectivity index (χ1) is 8.16. The van der Waals surface area contributed by atoms with E-state index in [1.165, 1.54) is 19.3 Å². The average molecular weight is 270 g/mol. The summed E-state index contributed by atoms with van der Waals surface area (Å²) in [6.45, 7) is 4.47. The van der Waals surface area contributed by atoms with E-state index in [9.17, 15) is 9.90 Å². The molecule has 1 N–H and O–H groups in total. The third-order valence-corrected chi connectivity index (χ3v) is 3.33. The highest BCUT2D eigenvalue weighted by Crippen LogP contribution is 2.22. The first kappa shape index (κ1) is 15.0. The number of nitrogens with zero attached hydrogens (tertiary/aromatic N) is 1. The number of carbonyl (C=O) groups is 1. The number of likely N-dealkylation sites (tertiary alicyclic amines) is 1. The SMILES string of the molecule is CC(=O)c1ccc(O)c(CN2CCCCC2)c1.Cl. The van der Waals surface area contributed by atoms with Gasteiger partial charge in [-0.05, 0) is 51.1 Å². The number of carbonyl (C=O) groups excluding carboxylic acids is 1. The van der Waals surface area contributed by atoms with Crippen molar-refractivity contribution < 1.29 is 9.90 Å². The summed E-state index contributed by atoms with van der Waals surface area (Å²) in [5.74, 6) is 0.338. The maximum atomic E-state index is 11.3. The number of hydrogen-bond donors (Lipinski definition) is 1. The molecule has 0 bridgehead atoms. The van der Waals surface area contributed by atoms with Gasteiger partial charge in [-0.15, -0.1) is 12.4 Å². The molecule has 0 saturated carbocycles. The van der Waals surface area contributed by atoms with E-state index in [4.69, 9.17) is 0 Å². The Balaban J connectivity index is 0.00000162. The van der Waals surface area contributed by atoms with E-state index < -0.39 is 0 Å². The van der Waals surface area contributed by atoms with E-state index in [1.807, 2.05) is 6.07 Å². The Morgan fingerprint density at radius 1 is 1.28 bits per heavy atom. The highest BCUT2D eigenvalue weighted by Gasteiger charge is 2.13. The first-order valence-corrected chi connectivity index (χ1v) is 6.22. The molecular weight excluding hydrogens is 250 g/mol. The third-order valence-electron chi connectivity index (χ3n) is 3.33. The molecule has 0 unspecified atom stereocenters. The van der Waals surface area contributed by atoms with Crippen molar-refractivity contribution in [1.82, 2.24) is 4.90 Å². The summed E-state index contributed by atoms with van der Waals surface area (Å²) < 4.78 is 0. The Labute approximate surface area is 114 Å². The second-order valence-corrected chi connectivity index (χ2v) is 4.74. The Kier molecular flexibility index (Phi) is 5.63. The topological polar surface area (TPSA) is 40.5 Å². The van der Waals surface area contributed by atoms with Crippen molar-refractivity contribution in [3.8, 4) is 5.75 Å². The molecule has 0 aromatic heterocycles. The Morgan fingerprint density at radius 3 is 2.56 bits per heavy atom. The van der Waals surface area contributed by atoms with Gasteiger partial charge in [-0.3, -0.25) is 9.69 Å². The molecule has 1 heterocycles. The predicted molar refractivity (Wildman–Crippen MR) is 74.5 cm³/mol. The molecule has 0 radical (unpaired) electrons. The number of aromatic hydroxyl groups is 1. The van der Waals surface area contributed by atoms with E-state index in [1.54, 1.807) is 19.1 Å². The van der Waals surface area contributed by atoms with Crippen LogP contribution in [-0.4, -0.2) is 28.9 Å². The summed E-state index contributed by atoms with van der Waals surface area (Å²) >= 11 is 0. The number of ketones is 1. The lowest BCUT2D eigenvalue weighted by atomic mass is 10.0. The number of rotatable bonds is 3. The average Bonchev–Trinajstić information content (AvgIpc) is 2.33. The van der Waals surface area contributed by atoms with Crippen LogP contribution in [0.15, 0.2) is 18.2 Å². The molecular formula is C14H20ClNO2. The molecule has 1 saturated heterocycles. The fourth-order valence-electron chi connectivity index (χ4n) is 2.29. The summed E-state index contributed by atoms with van der Waals surface area (Å²) in [5, 5.41) is 9.81. The lowest BCUT2D eigenvalue weighted by Gasteiger charge is -2.26. The zero-order valence-electron chi connectivity index (χ0n) is 10.7. The van der Waals surface area contributed by atoms with Gasteiger partial charge in [-0.2, -0.15) is 0 Å². The van der Waals surface area contributed by atoms with Gasteiger partial charge in [0.15, 0.2) is 5.78 Å². The second-order valence-electron chi connectivity index (χ2n) is 4.74. The number of piperidine rings is 1. The monoisotopic (exact) mass is 269 g/mol. The second kappa shape index (κ2) is 6.76. The zero-order chi connectivity index (χ0) is 12.3. The first-order valence-electron chi connectivity index (χ1n) is 6.22. The number of hydrogen-bond acceptors (Lipinski definition) is 3. The van der Waals surface area contributed by atoms with Crippen molar-refractivity contribution in [3.05, 3.63) is 29.3 Å². The lowest BCUT2D eigenvalue weighted by Crippen LogP contribution is -2.29.